The summed E-state index contributed by atoms with van der Waals surface area (Å²) in [5.74, 6) is 0.730. The highest BCUT2D eigenvalue weighted by Gasteiger charge is 2.23. The number of hydrogen-bond acceptors (Lipinski definition) is 3. The number of carbonyl (C=O) groups is 1. The second-order valence-electron chi connectivity index (χ2n) is 2.09. The smallest absolute Gasteiger partial charge is 0.335 e. The lowest BCUT2D eigenvalue weighted by Gasteiger charge is -2.04. The highest BCUT2D eigenvalue weighted by Crippen LogP contribution is 2.28. The Morgan fingerprint density at radius 2 is 2.73 bits per heavy atom. The normalized spacial score (nSPS) is 23.1. The minimum absolute atomic E-state index is 0.173. The van der Waals surface area contributed by atoms with Gasteiger partial charge in [0.2, 0.25) is 0 Å². The van der Waals surface area contributed by atoms with Gasteiger partial charge in [-0.1, -0.05) is 15.9 Å². The molecule has 0 amide bonds. The number of carbonyl (C=O) groups excluding carboxylic acids is 1. The summed E-state index contributed by atoms with van der Waals surface area (Å²) in [6.07, 6.45) is 0. The monoisotopic (exact) mass is 236 g/mol. The number of esters is 1. The maximum atomic E-state index is 11.1. The minimum atomic E-state index is -0.195. The molecule has 0 bridgehead atoms. The Morgan fingerprint density at radius 1 is 2.00 bits per heavy atom. The molecule has 1 aliphatic rings. The molecule has 0 aliphatic carbocycles. The van der Waals surface area contributed by atoms with Gasteiger partial charge in [-0.05, 0) is 12.3 Å². The van der Waals surface area contributed by atoms with Crippen molar-refractivity contribution in [3.05, 3.63) is 11.0 Å². The lowest BCUT2D eigenvalue weighted by atomic mass is 10.2. The zero-order chi connectivity index (χ0) is 8.27. The van der Waals surface area contributed by atoms with E-state index in [1.807, 2.05) is 12.3 Å². The van der Waals surface area contributed by atoms with Crippen molar-refractivity contribution in [1.29, 1.82) is 0 Å². The number of rotatable bonds is 2. The van der Waals surface area contributed by atoms with Gasteiger partial charge in [0.1, 0.15) is 0 Å². The molecule has 0 N–H and O–H groups in total. The van der Waals surface area contributed by atoms with Crippen LogP contribution in [0, 0.1) is 0 Å². The van der Waals surface area contributed by atoms with Crippen molar-refractivity contribution in [2.45, 2.75) is 11.8 Å². The average Bonchev–Trinajstić information content (AvgIpc) is 2.36. The summed E-state index contributed by atoms with van der Waals surface area (Å²) in [5, 5.41) is 1.86. The first-order chi connectivity index (χ1) is 5.25. The fourth-order valence-electron chi connectivity index (χ4n) is 0.776. The highest BCUT2D eigenvalue weighted by molar-refractivity contribution is 9.09. The van der Waals surface area contributed by atoms with Crippen LogP contribution in [0.4, 0.5) is 0 Å². The molecule has 1 atom stereocenters. The Hall–Kier alpha value is 0.0400. The van der Waals surface area contributed by atoms with Gasteiger partial charge in [-0.25, -0.2) is 4.79 Å². The van der Waals surface area contributed by atoms with E-state index < -0.39 is 0 Å². The number of ether oxygens (including phenoxy) is 1. The zero-order valence-corrected chi connectivity index (χ0v) is 8.57. The van der Waals surface area contributed by atoms with E-state index in [-0.39, 0.29) is 10.8 Å². The van der Waals surface area contributed by atoms with E-state index in [2.05, 4.69) is 15.9 Å². The molecule has 0 fully saturated rings. The van der Waals surface area contributed by atoms with Crippen LogP contribution in [0.3, 0.4) is 0 Å². The Balaban J connectivity index is 2.52. The summed E-state index contributed by atoms with van der Waals surface area (Å²) in [6.45, 7) is 2.25. The van der Waals surface area contributed by atoms with Crippen LogP contribution in [0.15, 0.2) is 11.0 Å². The van der Waals surface area contributed by atoms with Gasteiger partial charge < -0.3 is 4.74 Å². The molecule has 0 aromatic carbocycles. The Morgan fingerprint density at radius 3 is 3.18 bits per heavy atom. The lowest BCUT2D eigenvalue weighted by Crippen LogP contribution is -2.13. The summed E-state index contributed by atoms with van der Waals surface area (Å²) in [6, 6.07) is 0. The Labute approximate surface area is 78.5 Å². The van der Waals surface area contributed by atoms with Crippen LogP contribution in [0.25, 0.3) is 0 Å². The largest absolute Gasteiger partial charge is 0.463 e. The number of alkyl halides is 1. The van der Waals surface area contributed by atoms with E-state index in [1.54, 1.807) is 11.8 Å². The number of hydrogen-bond donors (Lipinski definition) is 0. The third-order valence-electron chi connectivity index (χ3n) is 1.30. The SMILES string of the molecule is CCOC(=O)C1=CSCC1Br. The molecule has 2 nitrogen and oxygen atoms in total. The van der Waals surface area contributed by atoms with Gasteiger partial charge in [0, 0.05) is 5.75 Å². The molecule has 1 rings (SSSR count). The van der Waals surface area contributed by atoms with Gasteiger partial charge in [0.05, 0.1) is 17.0 Å². The van der Waals surface area contributed by atoms with Crippen LogP contribution in [-0.2, 0) is 9.53 Å². The van der Waals surface area contributed by atoms with E-state index in [4.69, 9.17) is 4.74 Å². The quantitative estimate of drug-likeness (QED) is 0.542. The molecule has 4 heteroatoms. The van der Waals surface area contributed by atoms with E-state index in [0.717, 1.165) is 11.3 Å². The highest BCUT2D eigenvalue weighted by atomic mass is 79.9. The standard InChI is InChI=1S/C7H9BrO2S/c1-2-10-7(9)5-3-11-4-6(5)8/h3,6H,2,4H2,1H3. The van der Waals surface area contributed by atoms with E-state index in [1.165, 1.54) is 0 Å². The molecule has 1 aliphatic heterocycles. The Bertz CT molecular complexity index is 191. The Kier molecular flexibility index (Phi) is 3.45. The maximum absolute atomic E-state index is 11.1. The summed E-state index contributed by atoms with van der Waals surface area (Å²) in [7, 11) is 0. The van der Waals surface area contributed by atoms with E-state index in [0.29, 0.717) is 6.61 Å². The van der Waals surface area contributed by atoms with Gasteiger partial charge in [0.15, 0.2) is 0 Å². The molecule has 0 saturated carbocycles. The molecule has 1 heterocycles. The number of thioether (sulfide) groups is 1. The van der Waals surface area contributed by atoms with Crippen LogP contribution < -0.4 is 0 Å². The van der Waals surface area contributed by atoms with Gasteiger partial charge in [0.25, 0.3) is 0 Å². The third-order valence-corrected chi connectivity index (χ3v) is 3.49. The van der Waals surface area contributed by atoms with Gasteiger partial charge >= 0.3 is 5.97 Å². The molecular formula is C7H9BrO2S. The molecule has 0 aromatic heterocycles. The first-order valence-electron chi connectivity index (χ1n) is 3.38. The molecular weight excluding hydrogens is 228 g/mol. The summed E-state index contributed by atoms with van der Waals surface area (Å²) >= 11 is 5.02. The van der Waals surface area contributed by atoms with Crippen molar-refractivity contribution >= 4 is 33.7 Å². The van der Waals surface area contributed by atoms with E-state index >= 15 is 0 Å². The molecule has 0 aromatic rings. The molecule has 0 saturated heterocycles. The van der Waals surface area contributed by atoms with Gasteiger partial charge in [-0.15, -0.1) is 11.8 Å². The van der Waals surface area contributed by atoms with Crippen LogP contribution in [0.5, 0.6) is 0 Å². The molecule has 0 spiro atoms. The fourth-order valence-corrected chi connectivity index (χ4v) is 2.61. The summed E-state index contributed by atoms with van der Waals surface area (Å²) < 4.78 is 4.85. The summed E-state index contributed by atoms with van der Waals surface area (Å²) in [5.41, 5.74) is 0.747. The minimum Gasteiger partial charge on any atom is -0.463 e. The van der Waals surface area contributed by atoms with Crippen molar-refractivity contribution in [3.8, 4) is 0 Å². The maximum Gasteiger partial charge on any atom is 0.335 e. The first kappa shape index (κ1) is 9.13. The van der Waals surface area contributed by atoms with Crippen molar-refractivity contribution < 1.29 is 9.53 Å². The zero-order valence-electron chi connectivity index (χ0n) is 6.17. The molecule has 1 unspecified atom stereocenters. The first-order valence-corrected chi connectivity index (χ1v) is 5.35. The third kappa shape index (κ3) is 2.24. The predicted molar refractivity (Wildman–Crippen MR) is 49.9 cm³/mol. The fraction of sp³-hybridized carbons (Fsp3) is 0.571. The van der Waals surface area contributed by atoms with Crippen LogP contribution in [-0.4, -0.2) is 23.2 Å². The van der Waals surface area contributed by atoms with Crippen molar-refractivity contribution in [3.63, 3.8) is 0 Å². The van der Waals surface area contributed by atoms with Gasteiger partial charge in [-0.3, -0.25) is 0 Å². The average molecular weight is 237 g/mol. The lowest BCUT2D eigenvalue weighted by molar-refractivity contribution is -0.138. The van der Waals surface area contributed by atoms with Crippen LogP contribution >= 0.6 is 27.7 Å². The molecule has 62 valence electrons. The predicted octanol–water partition coefficient (Wildman–Crippen LogP) is 1.94. The van der Waals surface area contributed by atoms with Crippen molar-refractivity contribution in [1.82, 2.24) is 0 Å². The molecule has 11 heavy (non-hydrogen) atoms. The number of halogens is 1. The van der Waals surface area contributed by atoms with Crippen molar-refractivity contribution in [2.24, 2.45) is 0 Å². The van der Waals surface area contributed by atoms with Crippen molar-refractivity contribution in [2.75, 3.05) is 12.4 Å². The topological polar surface area (TPSA) is 26.3 Å². The summed E-state index contributed by atoms with van der Waals surface area (Å²) in [4.78, 5) is 11.3. The second kappa shape index (κ2) is 4.16. The van der Waals surface area contributed by atoms with Gasteiger partial charge in [-0.2, -0.15) is 0 Å². The van der Waals surface area contributed by atoms with E-state index in [9.17, 15) is 4.79 Å². The van der Waals surface area contributed by atoms with Crippen LogP contribution in [0.2, 0.25) is 0 Å². The van der Waals surface area contributed by atoms with Crippen LogP contribution in [0.1, 0.15) is 6.92 Å². The second-order valence-corrected chi connectivity index (χ2v) is 4.10. The molecule has 0 radical (unpaired) electrons.